The topological polar surface area (TPSA) is 64.0 Å². The molecule has 1 aliphatic heterocycles. The zero-order valence-electron chi connectivity index (χ0n) is 12.9. The van der Waals surface area contributed by atoms with Crippen molar-refractivity contribution in [2.24, 2.45) is 0 Å². The SMILES string of the molecule is O=C1NC(=O)/C(=C/c2cn(Cc3ccccn3)c3ccc(Br)cc23)S1. The van der Waals surface area contributed by atoms with Crippen molar-refractivity contribution in [2.75, 3.05) is 0 Å². The molecule has 4 rings (SSSR count). The fourth-order valence-electron chi connectivity index (χ4n) is 2.77. The number of carbonyl (C=O) groups excluding carboxylic acids is 2. The highest BCUT2D eigenvalue weighted by Gasteiger charge is 2.25. The van der Waals surface area contributed by atoms with E-state index in [4.69, 9.17) is 0 Å². The lowest BCUT2D eigenvalue weighted by molar-refractivity contribution is -0.115. The van der Waals surface area contributed by atoms with Crippen molar-refractivity contribution < 1.29 is 9.59 Å². The van der Waals surface area contributed by atoms with Crippen molar-refractivity contribution in [3.05, 3.63) is 69.4 Å². The standard InChI is InChI=1S/C18H12BrN3O2S/c19-12-4-5-15-14(8-12)11(7-16-17(23)21-18(24)25-16)9-22(15)10-13-3-1-2-6-20-13/h1-9H,10H2,(H,21,23,24)/b16-7-. The van der Waals surface area contributed by atoms with E-state index >= 15 is 0 Å². The number of nitrogens with one attached hydrogen (secondary N) is 1. The molecule has 3 aromatic rings. The third-order valence-corrected chi connectivity index (χ3v) is 5.16. The van der Waals surface area contributed by atoms with E-state index in [9.17, 15) is 9.59 Å². The monoisotopic (exact) mass is 413 g/mol. The zero-order valence-corrected chi connectivity index (χ0v) is 15.3. The Morgan fingerprint density at radius 1 is 1.24 bits per heavy atom. The molecule has 7 heteroatoms. The first kappa shape index (κ1) is 16.1. The fraction of sp³-hybridized carbons (Fsp3) is 0.0556. The molecule has 1 aliphatic rings. The minimum Gasteiger partial charge on any atom is -0.341 e. The molecule has 5 nitrogen and oxygen atoms in total. The van der Waals surface area contributed by atoms with Gasteiger partial charge in [-0.1, -0.05) is 22.0 Å². The lowest BCUT2D eigenvalue weighted by Crippen LogP contribution is -2.17. The van der Waals surface area contributed by atoms with Gasteiger partial charge < -0.3 is 4.57 Å². The number of fused-ring (bicyclic) bond motifs is 1. The molecule has 0 saturated carbocycles. The van der Waals surface area contributed by atoms with Gasteiger partial charge in [-0.3, -0.25) is 19.9 Å². The maximum absolute atomic E-state index is 11.8. The normalized spacial score (nSPS) is 16.0. The minimum atomic E-state index is -0.351. The molecule has 1 N–H and O–H groups in total. The maximum atomic E-state index is 11.8. The van der Waals surface area contributed by atoms with E-state index in [2.05, 4.69) is 30.8 Å². The van der Waals surface area contributed by atoms with Gasteiger partial charge in [-0.25, -0.2) is 0 Å². The van der Waals surface area contributed by atoms with Crippen LogP contribution in [0.15, 0.2) is 58.2 Å². The van der Waals surface area contributed by atoms with Crippen LogP contribution in [0.1, 0.15) is 11.3 Å². The van der Waals surface area contributed by atoms with Crippen LogP contribution in [0.25, 0.3) is 17.0 Å². The van der Waals surface area contributed by atoms with Crippen LogP contribution in [0, 0.1) is 0 Å². The Kier molecular flexibility index (Phi) is 4.19. The largest absolute Gasteiger partial charge is 0.341 e. The van der Waals surface area contributed by atoms with Gasteiger partial charge in [-0.15, -0.1) is 0 Å². The van der Waals surface area contributed by atoms with Gasteiger partial charge in [-0.2, -0.15) is 0 Å². The van der Waals surface area contributed by atoms with Crippen LogP contribution in [0.3, 0.4) is 0 Å². The molecule has 25 heavy (non-hydrogen) atoms. The minimum absolute atomic E-state index is 0.338. The van der Waals surface area contributed by atoms with Gasteiger partial charge in [0, 0.05) is 33.3 Å². The Morgan fingerprint density at radius 2 is 2.12 bits per heavy atom. The smallest absolute Gasteiger partial charge is 0.290 e. The van der Waals surface area contributed by atoms with E-state index in [-0.39, 0.29) is 11.1 Å². The van der Waals surface area contributed by atoms with Gasteiger partial charge in [-0.05, 0) is 48.2 Å². The number of pyridine rings is 1. The van der Waals surface area contributed by atoms with Crippen LogP contribution in [0.2, 0.25) is 0 Å². The van der Waals surface area contributed by atoms with Crippen molar-refractivity contribution >= 4 is 55.8 Å². The second-order valence-corrected chi connectivity index (χ2v) is 7.48. The van der Waals surface area contributed by atoms with E-state index in [0.29, 0.717) is 11.4 Å². The van der Waals surface area contributed by atoms with Crippen LogP contribution in [0.5, 0.6) is 0 Å². The third kappa shape index (κ3) is 3.25. The molecule has 2 aromatic heterocycles. The van der Waals surface area contributed by atoms with Gasteiger partial charge in [0.25, 0.3) is 11.1 Å². The van der Waals surface area contributed by atoms with Gasteiger partial charge in [0.2, 0.25) is 0 Å². The van der Waals surface area contributed by atoms with Gasteiger partial charge in [0.15, 0.2) is 0 Å². The predicted molar refractivity (Wildman–Crippen MR) is 102 cm³/mol. The Hall–Kier alpha value is -2.38. The maximum Gasteiger partial charge on any atom is 0.290 e. The number of amides is 2. The van der Waals surface area contributed by atoms with Gasteiger partial charge in [0.05, 0.1) is 17.1 Å². The van der Waals surface area contributed by atoms with Gasteiger partial charge >= 0.3 is 0 Å². The number of benzene rings is 1. The number of hydrogen-bond donors (Lipinski definition) is 1. The molecule has 1 saturated heterocycles. The summed E-state index contributed by atoms with van der Waals surface area (Å²) in [6, 6.07) is 11.8. The summed E-state index contributed by atoms with van der Waals surface area (Å²) in [4.78, 5) is 28.0. The molecular weight excluding hydrogens is 402 g/mol. The van der Waals surface area contributed by atoms with Crippen molar-refractivity contribution in [2.45, 2.75) is 6.54 Å². The number of thioether (sulfide) groups is 1. The van der Waals surface area contributed by atoms with E-state index in [1.165, 1.54) is 0 Å². The van der Waals surface area contributed by atoms with E-state index in [1.54, 1.807) is 12.3 Å². The van der Waals surface area contributed by atoms with E-state index < -0.39 is 0 Å². The Morgan fingerprint density at radius 3 is 2.84 bits per heavy atom. The molecule has 3 heterocycles. The van der Waals surface area contributed by atoms with E-state index in [0.717, 1.165) is 38.4 Å². The highest BCUT2D eigenvalue weighted by atomic mass is 79.9. The second-order valence-electron chi connectivity index (χ2n) is 5.55. The number of imide groups is 1. The molecule has 0 aliphatic carbocycles. The molecule has 0 radical (unpaired) electrons. The van der Waals surface area contributed by atoms with Crippen LogP contribution >= 0.6 is 27.7 Å². The predicted octanol–water partition coefficient (Wildman–Crippen LogP) is 4.17. The van der Waals surface area contributed by atoms with E-state index in [1.807, 2.05) is 42.6 Å². The second kappa shape index (κ2) is 6.50. The summed E-state index contributed by atoms with van der Waals surface area (Å²) in [5.41, 5.74) is 2.87. The Labute approximate surface area is 156 Å². The van der Waals surface area contributed by atoms with Crippen LogP contribution in [0.4, 0.5) is 4.79 Å². The summed E-state index contributed by atoms with van der Waals surface area (Å²) >= 11 is 4.42. The molecule has 0 bridgehead atoms. The molecular formula is C18H12BrN3O2S. The van der Waals surface area contributed by atoms with Crippen LogP contribution in [-0.2, 0) is 11.3 Å². The fourth-order valence-corrected chi connectivity index (χ4v) is 3.81. The average molecular weight is 414 g/mol. The lowest BCUT2D eigenvalue weighted by Gasteiger charge is -2.04. The zero-order chi connectivity index (χ0) is 17.4. The molecule has 124 valence electrons. The molecule has 1 aromatic carbocycles. The summed E-state index contributed by atoms with van der Waals surface area (Å²) < 4.78 is 3.05. The number of aromatic nitrogens is 2. The summed E-state index contributed by atoms with van der Waals surface area (Å²) in [6.45, 7) is 0.625. The van der Waals surface area contributed by atoms with Gasteiger partial charge in [0.1, 0.15) is 0 Å². The molecule has 1 fully saturated rings. The molecule has 2 amide bonds. The van der Waals surface area contributed by atoms with Crippen molar-refractivity contribution in [3.63, 3.8) is 0 Å². The first-order valence-electron chi connectivity index (χ1n) is 7.53. The highest BCUT2D eigenvalue weighted by molar-refractivity contribution is 9.10. The first-order valence-corrected chi connectivity index (χ1v) is 9.14. The molecule has 0 spiro atoms. The summed E-state index contributed by atoms with van der Waals surface area (Å²) in [5, 5.41) is 2.95. The first-order chi connectivity index (χ1) is 12.1. The number of hydrogen-bond acceptors (Lipinski definition) is 4. The Bertz CT molecular complexity index is 1030. The summed E-state index contributed by atoms with van der Waals surface area (Å²) in [6.07, 6.45) is 5.51. The number of rotatable bonds is 3. The highest BCUT2D eigenvalue weighted by Crippen LogP contribution is 2.31. The lowest BCUT2D eigenvalue weighted by atomic mass is 10.1. The molecule has 0 atom stereocenters. The number of carbonyl (C=O) groups is 2. The third-order valence-electron chi connectivity index (χ3n) is 3.86. The summed E-state index contributed by atoms with van der Waals surface area (Å²) in [5.74, 6) is -0.351. The average Bonchev–Trinajstić information content (AvgIpc) is 3.08. The quantitative estimate of drug-likeness (QED) is 0.654. The molecule has 0 unspecified atom stereocenters. The van der Waals surface area contributed by atoms with Crippen LogP contribution < -0.4 is 5.32 Å². The summed E-state index contributed by atoms with van der Waals surface area (Å²) in [7, 11) is 0. The number of halogens is 1. The number of nitrogens with zero attached hydrogens (tertiary/aromatic N) is 2. The van der Waals surface area contributed by atoms with Crippen molar-refractivity contribution in [1.29, 1.82) is 0 Å². The van der Waals surface area contributed by atoms with Crippen molar-refractivity contribution in [1.82, 2.24) is 14.9 Å². The Balaban J connectivity index is 1.82. The van der Waals surface area contributed by atoms with Crippen LogP contribution in [-0.4, -0.2) is 20.7 Å². The van der Waals surface area contributed by atoms with Crippen molar-refractivity contribution in [3.8, 4) is 0 Å².